The van der Waals surface area contributed by atoms with E-state index in [9.17, 15) is 4.79 Å². The molecule has 53 heavy (non-hydrogen) atoms. The first-order valence-electron chi connectivity index (χ1n) is 23.5. The molecule has 3 heteroatoms. The van der Waals surface area contributed by atoms with Gasteiger partial charge in [-0.2, -0.15) is 0 Å². The van der Waals surface area contributed by atoms with E-state index in [1.54, 1.807) is 5.57 Å². The predicted molar refractivity (Wildman–Crippen MR) is 224 cm³/mol. The van der Waals surface area contributed by atoms with Gasteiger partial charge < -0.3 is 9.15 Å². The molecule has 4 aliphatic rings. The van der Waals surface area contributed by atoms with E-state index in [-0.39, 0.29) is 12.1 Å². The van der Waals surface area contributed by atoms with E-state index in [0.29, 0.717) is 17.3 Å². The van der Waals surface area contributed by atoms with Crippen LogP contribution in [0.2, 0.25) is 0 Å². The number of rotatable bonds is 23. The molecule has 0 N–H and O–H groups in total. The highest BCUT2D eigenvalue weighted by molar-refractivity contribution is 5.69. The maximum atomic E-state index is 12.9. The molecule has 0 radical (unpaired) electrons. The van der Waals surface area contributed by atoms with E-state index < -0.39 is 0 Å². The second-order valence-electron chi connectivity index (χ2n) is 20.0. The number of carbonyl (C=O) groups is 1. The van der Waals surface area contributed by atoms with Crippen LogP contribution >= 0.6 is 0 Å². The molecule has 4 aliphatic carbocycles. The molecule has 0 amide bonds. The van der Waals surface area contributed by atoms with Crippen LogP contribution < -0.4 is 0 Å². The molecular weight excluding hydrogens is 649 g/mol. The minimum Gasteiger partial charge on any atom is -0.466 e. The number of hydrogen-bond acceptors (Lipinski definition) is 3. The smallest absolute Gasteiger partial charge is 0.306 e. The number of aryl methyl sites for hydroxylation is 3. The zero-order chi connectivity index (χ0) is 37.8. The van der Waals surface area contributed by atoms with E-state index in [0.717, 1.165) is 74.0 Å². The number of allylic oxidation sites excluding steroid dienone is 1. The molecule has 0 aromatic carbocycles. The molecule has 8 unspecified atom stereocenters. The van der Waals surface area contributed by atoms with E-state index >= 15 is 0 Å². The van der Waals surface area contributed by atoms with Gasteiger partial charge in [0.25, 0.3) is 0 Å². The van der Waals surface area contributed by atoms with Gasteiger partial charge in [-0.1, -0.05) is 137 Å². The third kappa shape index (κ3) is 11.3. The lowest BCUT2D eigenvalue weighted by molar-refractivity contribution is -0.151. The molecule has 0 spiro atoms. The second kappa shape index (κ2) is 20.6. The molecule has 8 atom stereocenters. The highest BCUT2D eigenvalue weighted by Crippen LogP contribution is 2.67. The summed E-state index contributed by atoms with van der Waals surface area (Å²) in [5.41, 5.74) is 3.85. The molecule has 1 heterocycles. The Morgan fingerprint density at radius 1 is 0.811 bits per heavy atom. The van der Waals surface area contributed by atoms with Crippen molar-refractivity contribution < 1.29 is 13.9 Å². The number of esters is 1. The molecule has 1 aromatic heterocycles. The summed E-state index contributed by atoms with van der Waals surface area (Å²) in [6.45, 7) is 17.1. The van der Waals surface area contributed by atoms with Crippen LogP contribution in [-0.4, -0.2) is 12.1 Å². The maximum absolute atomic E-state index is 12.9. The van der Waals surface area contributed by atoms with Crippen molar-refractivity contribution in [3.05, 3.63) is 34.8 Å². The molecular formula is C50H84O3. The van der Waals surface area contributed by atoms with Gasteiger partial charge in [-0.05, 0) is 129 Å². The van der Waals surface area contributed by atoms with Crippen LogP contribution in [0.25, 0.3) is 0 Å². The van der Waals surface area contributed by atoms with Crippen LogP contribution in [0.1, 0.15) is 219 Å². The SMILES string of the molecule is CCCCCCCc1cc(C)c(CCCCCCCCCCC(=O)OC2CCC3(C)C(=CCC4C3CCC3(C)C(C(C)CCCC(C)C)CCC43)C2)o1. The molecule has 3 saturated carbocycles. The molecule has 302 valence electrons. The summed E-state index contributed by atoms with van der Waals surface area (Å²) in [6, 6.07) is 2.28. The Balaban J connectivity index is 0.933. The highest BCUT2D eigenvalue weighted by Gasteiger charge is 2.59. The van der Waals surface area contributed by atoms with Crippen molar-refractivity contribution in [3.63, 3.8) is 0 Å². The molecule has 3 nitrogen and oxygen atoms in total. The van der Waals surface area contributed by atoms with Crippen LogP contribution in [0.15, 0.2) is 22.1 Å². The van der Waals surface area contributed by atoms with Crippen molar-refractivity contribution in [1.29, 1.82) is 0 Å². The van der Waals surface area contributed by atoms with Gasteiger partial charge in [-0.3, -0.25) is 4.79 Å². The van der Waals surface area contributed by atoms with Crippen molar-refractivity contribution in [2.24, 2.45) is 46.3 Å². The number of furan rings is 1. The Kier molecular flexibility index (Phi) is 16.6. The van der Waals surface area contributed by atoms with Gasteiger partial charge in [-0.25, -0.2) is 0 Å². The van der Waals surface area contributed by atoms with Gasteiger partial charge in [0.2, 0.25) is 0 Å². The van der Waals surface area contributed by atoms with Crippen molar-refractivity contribution >= 4 is 5.97 Å². The number of carbonyl (C=O) groups excluding carboxylic acids is 1. The fourth-order valence-electron chi connectivity index (χ4n) is 12.5. The van der Waals surface area contributed by atoms with E-state index in [4.69, 9.17) is 9.15 Å². The largest absolute Gasteiger partial charge is 0.466 e. The van der Waals surface area contributed by atoms with Gasteiger partial charge >= 0.3 is 5.97 Å². The minimum absolute atomic E-state index is 0.0497. The van der Waals surface area contributed by atoms with Crippen LogP contribution in [0, 0.1) is 53.3 Å². The van der Waals surface area contributed by atoms with Gasteiger partial charge in [0.15, 0.2) is 0 Å². The Labute approximate surface area is 328 Å². The van der Waals surface area contributed by atoms with Crippen LogP contribution in [0.5, 0.6) is 0 Å². The molecule has 3 fully saturated rings. The molecule has 0 aliphatic heterocycles. The lowest BCUT2D eigenvalue weighted by atomic mass is 9.47. The number of hydrogen-bond donors (Lipinski definition) is 0. The average Bonchev–Trinajstić information content (AvgIpc) is 3.67. The number of ether oxygens (including phenoxy) is 1. The first-order chi connectivity index (χ1) is 25.5. The Bertz CT molecular complexity index is 1270. The quantitative estimate of drug-likeness (QED) is 0.0639. The van der Waals surface area contributed by atoms with Crippen LogP contribution in [0.4, 0.5) is 0 Å². The lowest BCUT2D eigenvalue weighted by Gasteiger charge is -2.58. The van der Waals surface area contributed by atoms with Crippen LogP contribution in [-0.2, 0) is 22.4 Å². The van der Waals surface area contributed by atoms with E-state index in [2.05, 4.69) is 60.6 Å². The summed E-state index contributed by atoms with van der Waals surface area (Å²) >= 11 is 0. The fourth-order valence-corrected chi connectivity index (χ4v) is 12.5. The summed E-state index contributed by atoms with van der Waals surface area (Å²) < 4.78 is 12.4. The third-order valence-electron chi connectivity index (χ3n) is 15.7. The summed E-state index contributed by atoms with van der Waals surface area (Å²) in [5.74, 6) is 7.69. The standard InChI is InChI=1S/C50H84O3/c1-8-9-10-15-18-24-41-35-39(5)47(52-41)25-19-16-13-11-12-14-17-20-26-48(51)53-42-31-33-49(6)40(36-42)27-28-43-45-30-29-44(38(4)23-21-22-37(2)3)50(45,7)34-32-46(43)49/h27,35,37-38,42-46H,8-26,28-34,36H2,1-7H3. The average molecular weight is 733 g/mol. The summed E-state index contributed by atoms with van der Waals surface area (Å²) in [4.78, 5) is 12.9. The topological polar surface area (TPSA) is 39.4 Å². The Morgan fingerprint density at radius 2 is 1.51 bits per heavy atom. The molecule has 0 bridgehead atoms. The van der Waals surface area contributed by atoms with Gasteiger partial charge in [0.05, 0.1) is 0 Å². The number of unbranched alkanes of at least 4 members (excludes halogenated alkanes) is 11. The number of fused-ring (bicyclic) bond motifs is 5. The second-order valence-corrected chi connectivity index (χ2v) is 20.0. The van der Waals surface area contributed by atoms with Crippen molar-refractivity contribution in [1.82, 2.24) is 0 Å². The molecule has 1 aromatic rings. The normalized spacial score (nSPS) is 30.1. The maximum Gasteiger partial charge on any atom is 0.306 e. The summed E-state index contributed by atoms with van der Waals surface area (Å²) in [6.07, 6.45) is 36.4. The van der Waals surface area contributed by atoms with Gasteiger partial charge in [-0.15, -0.1) is 0 Å². The van der Waals surface area contributed by atoms with E-state index in [1.165, 1.54) is 146 Å². The summed E-state index contributed by atoms with van der Waals surface area (Å²) in [7, 11) is 0. The molecule has 5 rings (SSSR count). The van der Waals surface area contributed by atoms with Crippen molar-refractivity contribution in [2.75, 3.05) is 0 Å². The fraction of sp³-hybridized carbons (Fsp3) is 0.860. The van der Waals surface area contributed by atoms with Crippen molar-refractivity contribution in [2.45, 2.75) is 228 Å². The zero-order valence-electron chi connectivity index (χ0n) is 36.0. The van der Waals surface area contributed by atoms with E-state index in [1.807, 2.05) is 0 Å². The minimum atomic E-state index is 0.0497. The van der Waals surface area contributed by atoms with Crippen molar-refractivity contribution in [3.8, 4) is 0 Å². The first kappa shape index (κ1) is 42.6. The highest BCUT2D eigenvalue weighted by atomic mass is 16.5. The summed E-state index contributed by atoms with van der Waals surface area (Å²) in [5, 5.41) is 0. The lowest BCUT2D eigenvalue weighted by Crippen LogP contribution is -2.51. The first-order valence-corrected chi connectivity index (χ1v) is 23.5. The Morgan fingerprint density at radius 3 is 2.25 bits per heavy atom. The van der Waals surface area contributed by atoms with Gasteiger partial charge in [0, 0.05) is 25.7 Å². The molecule has 0 saturated heterocycles. The van der Waals surface area contributed by atoms with Gasteiger partial charge in [0.1, 0.15) is 17.6 Å². The zero-order valence-corrected chi connectivity index (χ0v) is 36.0. The predicted octanol–water partition coefficient (Wildman–Crippen LogP) is 15.1. The Hall–Kier alpha value is -1.51. The van der Waals surface area contributed by atoms with Crippen LogP contribution in [0.3, 0.4) is 0 Å². The third-order valence-corrected chi connectivity index (χ3v) is 15.7. The monoisotopic (exact) mass is 733 g/mol.